The highest BCUT2D eigenvalue weighted by Gasteiger charge is 2.40. The van der Waals surface area contributed by atoms with Crippen molar-refractivity contribution in [2.24, 2.45) is 11.3 Å². The first kappa shape index (κ1) is 24.5. The number of halogens is 1. The van der Waals surface area contributed by atoms with Gasteiger partial charge in [-0.1, -0.05) is 65.3 Å². The van der Waals surface area contributed by atoms with E-state index >= 15 is 0 Å². The van der Waals surface area contributed by atoms with Crippen LogP contribution in [-0.2, 0) is 21.4 Å². The van der Waals surface area contributed by atoms with Crippen molar-refractivity contribution in [3.05, 3.63) is 46.1 Å². The van der Waals surface area contributed by atoms with E-state index in [2.05, 4.69) is 53.7 Å². The lowest BCUT2D eigenvalue weighted by Crippen LogP contribution is -2.42. The van der Waals surface area contributed by atoms with Crippen molar-refractivity contribution in [2.45, 2.75) is 79.1 Å². The molecule has 0 aliphatic carbocycles. The first-order valence-electron chi connectivity index (χ1n) is 10.9. The Morgan fingerprint density at radius 2 is 1.97 bits per heavy atom. The molecule has 1 unspecified atom stereocenters. The van der Waals surface area contributed by atoms with E-state index in [-0.39, 0.29) is 23.7 Å². The molecule has 2 rings (SSSR count). The first-order valence-corrected chi connectivity index (χ1v) is 11.2. The summed E-state index contributed by atoms with van der Waals surface area (Å²) in [6, 6.07) is 6.26. The third-order valence-corrected chi connectivity index (χ3v) is 6.36. The Bertz CT molecular complexity index is 822. The zero-order chi connectivity index (χ0) is 22.7. The monoisotopic (exact) mass is 433 g/mol. The topological polar surface area (TPSA) is 57.6 Å². The van der Waals surface area contributed by atoms with Gasteiger partial charge in [0.15, 0.2) is 0 Å². The highest BCUT2D eigenvalue weighted by molar-refractivity contribution is 6.31. The van der Waals surface area contributed by atoms with Gasteiger partial charge in [0.25, 0.3) is 0 Å². The fourth-order valence-electron chi connectivity index (χ4n) is 4.14. The van der Waals surface area contributed by atoms with Crippen LogP contribution in [0.5, 0.6) is 0 Å². The average molecular weight is 434 g/mol. The van der Waals surface area contributed by atoms with Crippen molar-refractivity contribution in [1.29, 1.82) is 0 Å². The van der Waals surface area contributed by atoms with Gasteiger partial charge in [-0.05, 0) is 53.4 Å². The van der Waals surface area contributed by atoms with Gasteiger partial charge in [-0.3, -0.25) is 9.59 Å². The van der Waals surface area contributed by atoms with Gasteiger partial charge in [0.1, 0.15) is 0 Å². The first-order chi connectivity index (χ1) is 13.8. The van der Waals surface area contributed by atoms with Crippen LogP contribution in [0.25, 0.3) is 0 Å². The van der Waals surface area contributed by atoms with E-state index in [9.17, 15) is 9.59 Å². The number of carbonyl (C=O) groups is 2. The second-order valence-electron chi connectivity index (χ2n) is 10.2. The number of amides is 1. The van der Waals surface area contributed by atoms with Crippen LogP contribution < -0.4 is 0 Å². The molecule has 0 bridgehead atoms. The van der Waals surface area contributed by atoms with E-state index < -0.39 is 11.4 Å². The molecule has 0 radical (unpaired) electrons. The smallest absolute Gasteiger partial charge is 0.303 e. The molecule has 1 atom stereocenters. The molecule has 1 aliphatic rings. The van der Waals surface area contributed by atoms with Crippen LogP contribution in [0.15, 0.2) is 30.0 Å². The summed E-state index contributed by atoms with van der Waals surface area (Å²) in [5.74, 6) is -0.553. The second kappa shape index (κ2) is 9.55. The van der Waals surface area contributed by atoms with Gasteiger partial charge in [-0.2, -0.15) is 0 Å². The SMILES string of the molecule is CC(C)C1=CN(CCCC(=O)O)C(=O)CC1(C)c1ccc(CCC(C)(C)C)c(Cl)c1. The normalized spacial score (nSPS) is 19.9. The molecule has 0 fully saturated rings. The van der Waals surface area contributed by atoms with Crippen molar-refractivity contribution in [1.82, 2.24) is 4.90 Å². The molecule has 0 saturated carbocycles. The van der Waals surface area contributed by atoms with Crippen molar-refractivity contribution in [2.75, 3.05) is 6.54 Å². The Kier molecular flexibility index (Phi) is 7.79. The zero-order valence-electron chi connectivity index (χ0n) is 19.2. The summed E-state index contributed by atoms with van der Waals surface area (Å²) in [6.07, 6.45) is 4.82. The van der Waals surface area contributed by atoms with Crippen molar-refractivity contribution in [3.63, 3.8) is 0 Å². The number of hydrogen-bond donors (Lipinski definition) is 1. The zero-order valence-corrected chi connectivity index (χ0v) is 20.0. The predicted octanol–water partition coefficient (Wildman–Crippen LogP) is 6.21. The van der Waals surface area contributed by atoms with Crippen molar-refractivity contribution < 1.29 is 14.7 Å². The summed E-state index contributed by atoms with van der Waals surface area (Å²) in [5.41, 5.74) is 3.22. The Hall–Kier alpha value is -1.81. The molecule has 4 nitrogen and oxygen atoms in total. The van der Waals surface area contributed by atoms with Crippen molar-refractivity contribution in [3.8, 4) is 0 Å². The third-order valence-electron chi connectivity index (χ3n) is 6.00. The molecular formula is C25H36ClNO3. The minimum Gasteiger partial charge on any atom is -0.481 e. The molecule has 30 heavy (non-hydrogen) atoms. The number of benzene rings is 1. The molecule has 1 N–H and O–H groups in total. The number of allylic oxidation sites excluding steroid dienone is 1. The average Bonchev–Trinajstić information content (AvgIpc) is 2.61. The molecule has 0 saturated heterocycles. The van der Waals surface area contributed by atoms with Gasteiger partial charge in [-0.15, -0.1) is 0 Å². The fourth-order valence-corrected chi connectivity index (χ4v) is 4.41. The van der Waals surface area contributed by atoms with E-state index in [1.165, 1.54) is 5.57 Å². The quantitative estimate of drug-likeness (QED) is 0.529. The van der Waals surface area contributed by atoms with E-state index in [0.29, 0.717) is 19.4 Å². The lowest BCUT2D eigenvalue weighted by atomic mass is 9.68. The maximum Gasteiger partial charge on any atom is 0.303 e. The number of aryl methyl sites for hydroxylation is 1. The number of aliphatic carboxylic acids is 1. The summed E-state index contributed by atoms with van der Waals surface area (Å²) < 4.78 is 0. The minimum atomic E-state index is -0.835. The standard InChI is InChI=1S/C25H36ClNO3/c1-17(2)20-16-27(13-7-8-23(29)30)22(28)15-25(20,6)19-10-9-18(21(26)14-19)11-12-24(3,4)5/h9-10,14,16-17H,7-8,11-13,15H2,1-6H3,(H,29,30). The molecule has 1 aromatic rings. The van der Waals surface area contributed by atoms with Gasteiger partial charge in [0.2, 0.25) is 5.91 Å². The molecule has 1 aromatic carbocycles. The van der Waals surface area contributed by atoms with Crippen LogP contribution in [0.2, 0.25) is 5.02 Å². The summed E-state index contributed by atoms with van der Waals surface area (Å²) in [6.45, 7) is 13.5. The Balaban J connectivity index is 2.31. The molecule has 1 amide bonds. The Labute approximate surface area is 186 Å². The van der Waals surface area contributed by atoms with Crippen LogP contribution >= 0.6 is 11.6 Å². The summed E-state index contributed by atoms with van der Waals surface area (Å²) in [7, 11) is 0. The summed E-state index contributed by atoms with van der Waals surface area (Å²) in [5, 5.41) is 9.64. The number of carbonyl (C=O) groups excluding carboxylic acids is 1. The van der Waals surface area contributed by atoms with Gasteiger partial charge in [0.05, 0.1) is 0 Å². The molecule has 5 heteroatoms. The van der Waals surface area contributed by atoms with E-state index in [4.69, 9.17) is 16.7 Å². The number of hydrogen-bond acceptors (Lipinski definition) is 2. The Morgan fingerprint density at radius 3 is 2.50 bits per heavy atom. The summed E-state index contributed by atoms with van der Waals surface area (Å²) >= 11 is 6.66. The van der Waals surface area contributed by atoms with Crippen molar-refractivity contribution >= 4 is 23.5 Å². The lowest BCUT2D eigenvalue weighted by molar-refractivity contribution is -0.138. The van der Waals surface area contributed by atoms with Crippen LogP contribution in [-0.4, -0.2) is 28.4 Å². The van der Waals surface area contributed by atoms with Gasteiger partial charge >= 0.3 is 5.97 Å². The lowest BCUT2D eigenvalue weighted by Gasteiger charge is -2.41. The minimum absolute atomic E-state index is 0.0280. The van der Waals surface area contributed by atoms with E-state index in [0.717, 1.165) is 29.0 Å². The maximum atomic E-state index is 12.9. The largest absolute Gasteiger partial charge is 0.481 e. The van der Waals surface area contributed by atoms with Crippen LogP contribution in [0, 0.1) is 11.3 Å². The highest BCUT2D eigenvalue weighted by atomic mass is 35.5. The van der Waals surface area contributed by atoms with Gasteiger partial charge in [0, 0.05) is 36.0 Å². The maximum absolute atomic E-state index is 12.9. The second-order valence-corrected chi connectivity index (χ2v) is 10.6. The van der Waals surface area contributed by atoms with Crippen LogP contribution in [0.1, 0.15) is 78.4 Å². The Morgan fingerprint density at radius 1 is 1.30 bits per heavy atom. The molecule has 1 aliphatic heterocycles. The molecule has 0 aromatic heterocycles. The molecule has 0 spiro atoms. The molecular weight excluding hydrogens is 398 g/mol. The number of rotatable bonds is 8. The highest BCUT2D eigenvalue weighted by Crippen LogP contribution is 2.43. The van der Waals surface area contributed by atoms with Crippen LogP contribution in [0.4, 0.5) is 0 Å². The van der Waals surface area contributed by atoms with Gasteiger partial charge in [-0.25, -0.2) is 0 Å². The number of carboxylic acids is 1. The van der Waals surface area contributed by atoms with E-state index in [1.54, 1.807) is 4.90 Å². The molecule has 166 valence electrons. The van der Waals surface area contributed by atoms with Crippen LogP contribution in [0.3, 0.4) is 0 Å². The summed E-state index contributed by atoms with van der Waals surface area (Å²) in [4.78, 5) is 25.4. The number of nitrogens with zero attached hydrogens (tertiary/aromatic N) is 1. The number of carboxylic acid groups (broad SMARTS) is 1. The fraction of sp³-hybridized carbons (Fsp3) is 0.600. The van der Waals surface area contributed by atoms with Gasteiger partial charge < -0.3 is 10.0 Å². The molecule has 1 heterocycles. The third kappa shape index (κ3) is 6.10. The predicted molar refractivity (Wildman–Crippen MR) is 123 cm³/mol. The van der Waals surface area contributed by atoms with E-state index in [1.807, 2.05) is 12.3 Å².